The Balaban J connectivity index is 1.58. The van der Waals surface area contributed by atoms with E-state index in [0.717, 1.165) is 32.7 Å². The fourth-order valence-corrected chi connectivity index (χ4v) is 6.68. The molecule has 4 aromatic carbocycles. The monoisotopic (exact) mass is 466 g/mol. The van der Waals surface area contributed by atoms with E-state index in [4.69, 9.17) is 16.6 Å². The fourth-order valence-electron chi connectivity index (χ4n) is 3.85. The molecule has 0 radical (unpaired) electrons. The van der Waals surface area contributed by atoms with Crippen LogP contribution < -0.4 is 15.9 Å². The van der Waals surface area contributed by atoms with Crippen LogP contribution in [-0.2, 0) is 4.57 Å². The van der Waals surface area contributed by atoms with Gasteiger partial charge in [0.1, 0.15) is 5.15 Å². The summed E-state index contributed by atoms with van der Waals surface area (Å²) in [5.74, 6) is 0.571. The fraction of sp³-hybridized carbons (Fsp3) is 0. The Hall–Kier alpha value is -3.52. The highest BCUT2D eigenvalue weighted by molar-refractivity contribution is 7.85. The van der Waals surface area contributed by atoms with Gasteiger partial charge in [0, 0.05) is 33.1 Å². The van der Waals surface area contributed by atoms with Crippen molar-refractivity contribution in [2.75, 3.05) is 0 Å². The quantitative estimate of drug-likeness (QED) is 0.232. The largest absolute Gasteiger partial charge is 0.309 e. The van der Waals surface area contributed by atoms with E-state index in [2.05, 4.69) is 4.98 Å². The van der Waals surface area contributed by atoms with Crippen molar-refractivity contribution in [3.8, 4) is 22.6 Å². The third kappa shape index (κ3) is 4.26. The van der Waals surface area contributed by atoms with Gasteiger partial charge in [-0.1, -0.05) is 127 Å². The lowest BCUT2D eigenvalue weighted by atomic mass is 10.1. The van der Waals surface area contributed by atoms with Crippen LogP contribution in [0.3, 0.4) is 0 Å². The number of hydrogen-bond acceptors (Lipinski definition) is 3. The minimum atomic E-state index is -3.01. The summed E-state index contributed by atoms with van der Waals surface area (Å²) in [7, 11) is -3.01. The van der Waals surface area contributed by atoms with Crippen LogP contribution in [0.1, 0.15) is 0 Å². The second-order valence-corrected chi connectivity index (χ2v) is 10.7. The average molecular weight is 467 g/mol. The van der Waals surface area contributed by atoms with E-state index in [1.807, 2.05) is 115 Å². The molecular formula is C28H20ClN2OP. The molecule has 5 aromatic rings. The minimum absolute atomic E-state index is 0.377. The lowest BCUT2D eigenvalue weighted by Gasteiger charge is -2.20. The highest BCUT2D eigenvalue weighted by Gasteiger charge is 2.29. The van der Waals surface area contributed by atoms with Gasteiger partial charge in [-0.15, -0.1) is 0 Å². The normalized spacial score (nSPS) is 11.3. The third-order valence-corrected chi connectivity index (χ3v) is 8.76. The Morgan fingerprint density at radius 3 is 1.58 bits per heavy atom. The van der Waals surface area contributed by atoms with Gasteiger partial charge in [0.25, 0.3) is 0 Å². The van der Waals surface area contributed by atoms with Crippen molar-refractivity contribution in [3.05, 3.63) is 126 Å². The second-order valence-electron chi connectivity index (χ2n) is 7.59. The third-order valence-electron chi connectivity index (χ3n) is 5.49. The van der Waals surface area contributed by atoms with Crippen LogP contribution >= 0.6 is 18.7 Å². The van der Waals surface area contributed by atoms with E-state index in [1.165, 1.54) is 0 Å². The van der Waals surface area contributed by atoms with Crippen LogP contribution in [0.5, 0.6) is 0 Å². The number of benzene rings is 4. The molecule has 0 saturated carbocycles. The molecule has 1 aromatic heterocycles. The molecule has 1 heterocycles. The summed E-state index contributed by atoms with van der Waals surface area (Å²) in [6.45, 7) is 0. The molecule has 0 amide bonds. The molecule has 0 bridgehead atoms. The van der Waals surface area contributed by atoms with Crippen molar-refractivity contribution in [2.45, 2.75) is 0 Å². The van der Waals surface area contributed by atoms with Crippen molar-refractivity contribution >= 4 is 34.7 Å². The number of aromatic nitrogens is 2. The smallest absolute Gasteiger partial charge is 0.171 e. The lowest BCUT2D eigenvalue weighted by molar-refractivity contribution is 0.592. The van der Waals surface area contributed by atoms with E-state index in [1.54, 1.807) is 6.07 Å². The Labute approximate surface area is 198 Å². The molecule has 160 valence electrons. The van der Waals surface area contributed by atoms with Gasteiger partial charge < -0.3 is 4.57 Å². The molecule has 5 rings (SSSR count). The highest BCUT2D eigenvalue weighted by Crippen LogP contribution is 2.42. The topological polar surface area (TPSA) is 42.9 Å². The highest BCUT2D eigenvalue weighted by atomic mass is 35.5. The van der Waals surface area contributed by atoms with Crippen LogP contribution in [0.15, 0.2) is 121 Å². The molecule has 0 saturated heterocycles. The number of halogens is 1. The molecule has 0 aliphatic heterocycles. The van der Waals surface area contributed by atoms with E-state index >= 15 is 0 Å². The predicted molar refractivity (Wildman–Crippen MR) is 137 cm³/mol. The summed E-state index contributed by atoms with van der Waals surface area (Å²) in [6.07, 6.45) is 0. The molecule has 0 unspecified atom stereocenters. The zero-order chi connectivity index (χ0) is 22.7. The zero-order valence-electron chi connectivity index (χ0n) is 17.7. The Morgan fingerprint density at radius 1 is 0.545 bits per heavy atom. The van der Waals surface area contributed by atoms with Gasteiger partial charge in [-0.3, -0.25) is 0 Å². The summed E-state index contributed by atoms with van der Waals surface area (Å²) in [5, 5.41) is 2.76. The molecular weight excluding hydrogens is 447 g/mol. The van der Waals surface area contributed by atoms with Crippen LogP contribution in [0.2, 0.25) is 5.15 Å². The van der Waals surface area contributed by atoms with Gasteiger partial charge in [-0.05, 0) is 0 Å². The molecule has 0 atom stereocenters. The summed E-state index contributed by atoms with van der Waals surface area (Å²) < 4.78 is 14.5. The summed E-state index contributed by atoms with van der Waals surface area (Å²) >= 11 is 6.32. The van der Waals surface area contributed by atoms with Crippen molar-refractivity contribution < 1.29 is 4.57 Å². The maximum Gasteiger partial charge on any atom is 0.171 e. The Bertz CT molecular complexity index is 1380. The molecule has 0 aliphatic rings. The maximum absolute atomic E-state index is 14.5. The van der Waals surface area contributed by atoms with Gasteiger partial charge >= 0.3 is 0 Å². The van der Waals surface area contributed by atoms with Gasteiger partial charge in [-0.25, -0.2) is 9.97 Å². The first-order valence-corrected chi connectivity index (χ1v) is 12.7. The van der Waals surface area contributed by atoms with Gasteiger partial charge in [0.2, 0.25) is 0 Å². The van der Waals surface area contributed by atoms with E-state index < -0.39 is 7.14 Å². The summed E-state index contributed by atoms with van der Waals surface area (Å²) in [5.41, 5.74) is 2.50. The number of nitrogens with zero attached hydrogens (tertiary/aromatic N) is 2. The van der Waals surface area contributed by atoms with E-state index in [0.29, 0.717) is 11.0 Å². The van der Waals surface area contributed by atoms with Gasteiger partial charge in [0.05, 0.1) is 5.69 Å². The van der Waals surface area contributed by atoms with Crippen LogP contribution in [0.25, 0.3) is 22.6 Å². The minimum Gasteiger partial charge on any atom is -0.309 e. The molecule has 0 spiro atoms. The van der Waals surface area contributed by atoms with Crippen LogP contribution in [-0.4, -0.2) is 9.97 Å². The average Bonchev–Trinajstić information content (AvgIpc) is 2.89. The molecule has 5 heteroatoms. The first-order valence-electron chi connectivity index (χ1n) is 10.6. The van der Waals surface area contributed by atoms with Crippen LogP contribution in [0, 0.1) is 0 Å². The molecule has 0 fully saturated rings. The predicted octanol–water partition coefficient (Wildman–Crippen LogP) is 6.10. The Kier molecular flexibility index (Phi) is 5.92. The van der Waals surface area contributed by atoms with Crippen molar-refractivity contribution in [3.63, 3.8) is 0 Å². The van der Waals surface area contributed by atoms with Gasteiger partial charge in [0.15, 0.2) is 13.0 Å². The summed E-state index contributed by atoms with van der Waals surface area (Å²) in [6, 6.07) is 38.5. The van der Waals surface area contributed by atoms with E-state index in [-0.39, 0.29) is 0 Å². The first kappa shape index (κ1) is 21.3. The van der Waals surface area contributed by atoms with E-state index in [9.17, 15) is 4.57 Å². The molecule has 3 nitrogen and oxygen atoms in total. The molecule has 33 heavy (non-hydrogen) atoms. The SMILES string of the molecule is O=P(c1ccccc1)(c1ccccc1)c1ccc(-c2cc(Cl)nc(-c3ccccc3)n2)cc1. The van der Waals surface area contributed by atoms with Crippen LogP contribution in [0.4, 0.5) is 0 Å². The van der Waals surface area contributed by atoms with Crippen molar-refractivity contribution in [1.82, 2.24) is 9.97 Å². The second kappa shape index (κ2) is 9.15. The Morgan fingerprint density at radius 2 is 1.03 bits per heavy atom. The van der Waals surface area contributed by atoms with Gasteiger partial charge in [-0.2, -0.15) is 0 Å². The zero-order valence-corrected chi connectivity index (χ0v) is 19.3. The summed E-state index contributed by atoms with van der Waals surface area (Å²) in [4.78, 5) is 9.09. The molecule has 0 N–H and O–H groups in total. The standard InChI is InChI=1S/C28H20ClN2OP/c29-27-20-26(30-28(31-27)22-10-4-1-5-11-22)21-16-18-25(19-17-21)33(32,23-12-6-2-7-13-23)24-14-8-3-9-15-24/h1-20H. The van der Waals surface area contributed by atoms with Crippen molar-refractivity contribution in [2.24, 2.45) is 0 Å². The number of rotatable bonds is 5. The molecule has 0 aliphatic carbocycles. The maximum atomic E-state index is 14.5. The lowest BCUT2D eigenvalue weighted by Crippen LogP contribution is -2.24. The van der Waals surface area contributed by atoms with Crippen molar-refractivity contribution in [1.29, 1.82) is 0 Å². The first-order chi connectivity index (χ1) is 16.1. The number of hydrogen-bond donors (Lipinski definition) is 0.